The van der Waals surface area contributed by atoms with Crippen molar-refractivity contribution < 1.29 is 18.1 Å². The van der Waals surface area contributed by atoms with E-state index in [-0.39, 0.29) is 4.90 Å². The fourth-order valence-electron chi connectivity index (χ4n) is 2.28. The Balaban J connectivity index is 2.38. The summed E-state index contributed by atoms with van der Waals surface area (Å²) in [5, 5.41) is 11.0. The van der Waals surface area contributed by atoms with Crippen LogP contribution in [-0.4, -0.2) is 27.0 Å². The lowest BCUT2D eigenvalue weighted by molar-refractivity contribution is -0.483. The summed E-state index contributed by atoms with van der Waals surface area (Å²) in [6.45, 7) is 1.25. The monoisotopic (exact) mass is 350 g/mol. The van der Waals surface area contributed by atoms with E-state index in [1.807, 2.05) is 6.92 Å². The van der Waals surface area contributed by atoms with Crippen molar-refractivity contribution in [3.8, 4) is 5.75 Å². The van der Waals surface area contributed by atoms with E-state index in [0.717, 1.165) is 5.56 Å². The standard InChI is InChI=1S/C16H18N2O5S/c1-12-7-9-13(10-8-12)24(21,22)17-15(11-18(19)20)14-5-3-4-6-16(14)23-2/h3-10,15,17H,11H2,1-2H3. The molecule has 2 aromatic rings. The third-order valence-corrected chi connectivity index (χ3v) is 4.96. The second-order valence-corrected chi connectivity index (χ2v) is 6.96. The molecular weight excluding hydrogens is 332 g/mol. The van der Waals surface area contributed by atoms with E-state index in [1.54, 1.807) is 36.4 Å². The van der Waals surface area contributed by atoms with Gasteiger partial charge in [0, 0.05) is 10.5 Å². The predicted molar refractivity (Wildman–Crippen MR) is 89.1 cm³/mol. The molecule has 1 atom stereocenters. The average molecular weight is 350 g/mol. The molecule has 8 heteroatoms. The summed E-state index contributed by atoms with van der Waals surface area (Å²) in [5.41, 5.74) is 1.33. The maximum absolute atomic E-state index is 12.5. The van der Waals surface area contributed by atoms with Crippen molar-refractivity contribution in [1.82, 2.24) is 4.72 Å². The van der Waals surface area contributed by atoms with E-state index in [2.05, 4.69) is 4.72 Å². The molecule has 128 valence electrons. The summed E-state index contributed by atoms with van der Waals surface area (Å²) in [7, 11) is -2.48. The van der Waals surface area contributed by atoms with Crippen molar-refractivity contribution in [3.63, 3.8) is 0 Å². The van der Waals surface area contributed by atoms with E-state index in [1.165, 1.54) is 19.2 Å². The van der Waals surface area contributed by atoms with Crippen LogP contribution in [-0.2, 0) is 10.0 Å². The minimum absolute atomic E-state index is 0.0522. The Bertz CT molecular complexity index is 819. The molecule has 0 radical (unpaired) electrons. The molecule has 0 amide bonds. The van der Waals surface area contributed by atoms with E-state index in [0.29, 0.717) is 11.3 Å². The van der Waals surface area contributed by atoms with Gasteiger partial charge < -0.3 is 4.74 Å². The van der Waals surface area contributed by atoms with Gasteiger partial charge >= 0.3 is 0 Å². The minimum atomic E-state index is -3.91. The van der Waals surface area contributed by atoms with Crippen LogP contribution in [0.25, 0.3) is 0 Å². The number of aryl methyl sites for hydroxylation is 1. The second-order valence-electron chi connectivity index (χ2n) is 5.24. The lowest BCUT2D eigenvalue weighted by Gasteiger charge is -2.18. The van der Waals surface area contributed by atoms with Gasteiger partial charge in [-0.25, -0.2) is 8.42 Å². The van der Waals surface area contributed by atoms with Crippen LogP contribution in [0.1, 0.15) is 17.2 Å². The van der Waals surface area contributed by atoms with Gasteiger partial charge in [0.15, 0.2) is 0 Å². The van der Waals surface area contributed by atoms with Gasteiger partial charge in [-0.1, -0.05) is 35.9 Å². The van der Waals surface area contributed by atoms with Crippen LogP contribution in [0.4, 0.5) is 0 Å². The summed E-state index contributed by atoms with van der Waals surface area (Å²) in [6.07, 6.45) is 0. The number of ether oxygens (including phenoxy) is 1. The topological polar surface area (TPSA) is 98.5 Å². The molecule has 0 saturated carbocycles. The van der Waals surface area contributed by atoms with Gasteiger partial charge in [0.2, 0.25) is 16.6 Å². The molecule has 2 aromatic carbocycles. The number of sulfonamides is 1. The summed E-state index contributed by atoms with van der Waals surface area (Å²) < 4.78 is 32.7. The van der Waals surface area contributed by atoms with E-state index in [9.17, 15) is 18.5 Å². The van der Waals surface area contributed by atoms with E-state index >= 15 is 0 Å². The zero-order valence-corrected chi connectivity index (χ0v) is 14.1. The fraction of sp³-hybridized carbons (Fsp3) is 0.250. The maximum Gasteiger partial charge on any atom is 0.241 e. The highest BCUT2D eigenvalue weighted by atomic mass is 32.2. The summed E-state index contributed by atoms with van der Waals surface area (Å²) >= 11 is 0. The normalized spacial score (nSPS) is 12.6. The Morgan fingerprint density at radius 2 is 1.79 bits per heavy atom. The lowest BCUT2D eigenvalue weighted by atomic mass is 10.1. The van der Waals surface area contributed by atoms with Gasteiger partial charge in [-0.3, -0.25) is 10.1 Å². The first-order chi connectivity index (χ1) is 11.3. The van der Waals surface area contributed by atoms with Gasteiger partial charge in [-0.05, 0) is 25.1 Å². The second kappa shape index (κ2) is 7.41. The number of rotatable bonds is 7. The van der Waals surface area contributed by atoms with Crippen molar-refractivity contribution in [1.29, 1.82) is 0 Å². The van der Waals surface area contributed by atoms with Crippen molar-refractivity contribution >= 4 is 10.0 Å². The molecule has 0 aliphatic heterocycles. The predicted octanol–water partition coefficient (Wildman–Crippen LogP) is 2.30. The highest BCUT2D eigenvalue weighted by Gasteiger charge is 2.27. The van der Waals surface area contributed by atoms with Crippen LogP contribution in [0.3, 0.4) is 0 Å². The number of hydrogen-bond donors (Lipinski definition) is 1. The minimum Gasteiger partial charge on any atom is -0.496 e. The van der Waals surface area contributed by atoms with Crippen LogP contribution in [0.2, 0.25) is 0 Å². The molecule has 1 N–H and O–H groups in total. The molecular formula is C16H18N2O5S. The largest absolute Gasteiger partial charge is 0.496 e. The van der Waals surface area contributed by atoms with Crippen molar-refractivity contribution in [3.05, 3.63) is 69.8 Å². The van der Waals surface area contributed by atoms with Crippen LogP contribution in [0.5, 0.6) is 5.75 Å². The SMILES string of the molecule is COc1ccccc1C(C[N+](=O)[O-])NS(=O)(=O)c1ccc(C)cc1. The van der Waals surface area contributed by atoms with Gasteiger partial charge in [0.05, 0.1) is 12.0 Å². The number of nitro groups is 1. The first kappa shape index (κ1) is 17.9. The average Bonchev–Trinajstić information content (AvgIpc) is 2.54. The maximum atomic E-state index is 12.5. The van der Waals surface area contributed by atoms with Crippen molar-refractivity contribution in [2.45, 2.75) is 17.9 Å². The van der Waals surface area contributed by atoms with Crippen LogP contribution in [0, 0.1) is 17.0 Å². The highest BCUT2D eigenvalue weighted by molar-refractivity contribution is 7.89. The Labute approximate surface area is 140 Å². The highest BCUT2D eigenvalue weighted by Crippen LogP contribution is 2.26. The number of nitrogens with zero attached hydrogens (tertiary/aromatic N) is 1. The lowest BCUT2D eigenvalue weighted by Crippen LogP contribution is -2.33. The molecule has 0 saturated heterocycles. The molecule has 7 nitrogen and oxygen atoms in total. The number of nitrogens with one attached hydrogen (secondary N) is 1. The molecule has 0 bridgehead atoms. The van der Waals surface area contributed by atoms with Gasteiger partial charge in [0.25, 0.3) is 0 Å². The van der Waals surface area contributed by atoms with Gasteiger partial charge in [-0.2, -0.15) is 4.72 Å². The molecule has 0 aromatic heterocycles. The molecule has 24 heavy (non-hydrogen) atoms. The molecule has 0 aliphatic carbocycles. The first-order valence-electron chi connectivity index (χ1n) is 7.17. The van der Waals surface area contributed by atoms with Crippen LogP contribution in [0.15, 0.2) is 53.4 Å². The van der Waals surface area contributed by atoms with Crippen molar-refractivity contribution in [2.75, 3.05) is 13.7 Å². The number of para-hydroxylation sites is 1. The Morgan fingerprint density at radius 1 is 1.17 bits per heavy atom. The third kappa shape index (κ3) is 4.30. The summed E-state index contributed by atoms with van der Waals surface area (Å²) in [5.74, 6) is 0.385. The molecule has 0 aliphatic rings. The number of hydrogen-bond acceptors (Lipinski definition) is 5. The van der Waals surface area contributed by atoms with Crippen LogP contribution >= 0.6 is 0 Å². The zero-order valence-electron chi connectivity index (χ0n) is 13.3. The molecule has 0 heterocycles. The third-order valence-electron chi connectivity index (χ3n) is 3.47. The van der Waals surface area contributed by atoms with Crippen molar-refractivity contribution in [2.24, 2.45) is 0 Å². The Morgan fingerprint density at radius 3 is 2.38 bits per heavy atom. The molecule has 2 rings (SSSR count). The van der Waals surface area contributed by atoms with E-state index in [4.69, 9.17) is 4.74 Å². The summed E-state index contributed by atoms with van der Waals surface area (Å²) in [4.78, 5) is 10.5. The Hall–Kier alpha value is -2.45. The molecule has 0 fully saturated rings. The van der Waals surface area contributed by atoms with Gasteiger partial charge in [0.1, 0.15) is 11.8 Å². The number of benzene rings is 2. The zero-order chi connectivity index (χ0) is 17.7. The first-order valence-corrected chi connectivity index (χ1v) is 8.65. The molecule has 1 unspecified atom stereocenters. The smallest absolute Gasteiger partial charge is 0.241 e. The summed E-state index contributed by atoms with van der Waals surface area (Å²) in [6, 6.07) is 11.8. The molecule has 0 spiro atoms. The Kier molecular flexibility index (Phi) is 5.53. The van der Waals surface area contributed by atoms with Gasteiger partial charge in [-0.15, -0.1) is 0 Å². The fourth-order valence-corrected chi connectivity index (χ4v) is 3.48. The number of methoxy groups -OCH3 is 1. The quantitative estimate of drug-likeness (QED) is 0.610. The van der Waals surface area contributed by atoms with Crippen LogP contribution < -0.4 is 9.46 Å². The van der Waals surface area contributed by atoms with E-state index < -0.39 is 27.5 Å².